The Balaban J connectivity index is 2.29. The van der Waals surface area contributed by atoms with Crippen molar-refractivity contribution in [2.45, 2.75) is 33.4 Å². The molecule has 3 heterocycles. The first-order chi connectivity index (χ1) is 13.3. The van der Waals surface area contributed by atoms with Gasteiger partial charge in [-0.05, 0) is 26.8 Å². The molecule has 1 fully saturated rings. The summed E-state index contributed by atoms with van der Waals surface area (Å²) in [6.07, 6.45) is 2.92. The van der Waals surface area contributed by atoms with Crippen LogP contribution in [0.25, 0.3) is 11.2 Å². The van der Waals surface area contributed by atoms with Crippen LogP contribution >= 0.6 is 0 Å². The van der Waals surface area contributed by atoms with Gasteiger partial charge in [0.15, 0.2) is 11.2 Å². The van der Waals surface area contributed by atoms with Crippen LogP contribution in [0.5, 0.6) is 0 Å². The summed E-state index contributed by atoms with van der Waals surface area (Å²) in [6, 6.07) is 0. The van der Waals surface area contributed by atoms with Crippen molar-refractivity contribution in [3.63, 3.8) is 0 Å². The van der Waals surface area contributed by atoms with Crippen LogP contribution in [0, 0.1) is 0 Å². The second-order valence-corrected chi connectivity index (χ2v) is 7.19. The first kappa shape index (κ1) is 19.9. The van der Waals surface area contributed by atoms with Gasteiger partial charge in [0.25, 0.3) is 5.56 Å². The molecule has 3 rings (SSSR count). The third-order valence-corrected chi connectivity index (χ3v) is 4.81. The summed E-state index contributed by atoms with van der Waals surface area (Å²) < 4.78 is 3.78. The van der Waals surface area contributed by atoms with Crippen LogP contribution < -0.4 is 21.5 Å². The van der Waals surface area contributed by atoms with Gasteiger partial charge in [-0.3, -0.25) is 14.2 Å². The number of nitrogens with one attached hydrogen (secondary N) is 1. The zero-order chi connectivity index (χ0) is 20.4. The zero-order valence-corrected chi connectivity index (χ0v) is 16.4. The molecule has 1 aliphatic rings. The van der Waals surface area contributed by atoms with Gasteiger partial charge in [-0.15, -0.1) is 0 Å². The van der Waals surface area contributed by atoms with Gasteiger partial charge in [0, 0.05) is 33.2 Å². The number of rotatable bonds is 5. The molecule has 0 amide bonds. The quantitative estimate of drug-likeness (QED) is 0.677. The van der Waals surface area contributed by atoms with Crippen LogP contribution in [0.15, 0.2) is 21.2 Å². The molecule has 152 valence electrons. The summed E-state index contributed by atoms with van der Waals surface area (Å²) in [7, 11) is 1.51. The molecule has 0 aromatic carbocycles. The fraction of sp³-hybridized carbons (Fsp3) is 0.556. The normalized spacial score (nSPS) is 14.9. The summed E-state index contributed by atoms with van der Waals surface area (Å²) in [5.74, 6) is -0.621. The van der Waals surface area contributed by atoms with E-state index in [9.17, 15) is 14.4 Å². The van der Waals surface area contributed by atoms with E-state index in [1.807, 2.05) is 19.9 Å². The Bertz CT molecular complexity index is 1030. The Morgan fingerprint density at radius 1 is 1.21 bits per heavy atom. The fourth-order valence-electron chi connectivity index (χ4n) is 3.37. The smallest absolute Gasteiger partial charge is 0.333 e. The molecule has 0 spiro atoms. The molecule has 0 saturated carbocycles. The highest BCUT2D eigenvalue weighted by molar-refractivity contribution is 5.75. The van der Waals surface area contributed by atoms with Crippen molar-refractivity contribution >= 4 is 23.1 Å². The molecule has 1 saturated heterocycles. The molecule has 2 N–H and O–H groups in total. The van der Waals surface area contributed by atoms with E-state index in [-0.39, 0.29) is 11.2 Å². The topological polar surface area (TPSA) is 114 Å². The molecule has 0 radical (unpaired) electrons. The number of aliphatic carboxylic acids is 1. The molecule has 10 nitrogen and oxygen atoms in total. The molecule has 2 aromatic heterocycles. The summed E-state index contributed by atoms with van der Waals surface area (Å²) in [4.78, 5) is 43.5. The third kappa shape index (κ3) is 3.72. The predicted molar refractivity (Wildman–Crippen MR) is 106 cm³/mol. The molecule has 28 heavy (non-hydrogen) atoms. The number of carboxylic acid groups (broad SMARTS) is 1. The van der Waals surface area contributed by atoms with Crippen LogP contribution in [0.4, 0.5) is 5.95 Å². The monoisotopic (exact) mass is 390 g/mol. The minimum atomic E-state index is -1.24. The van der Waals surface area contributed by atoms with Gasteiger partial charge in [-0.2, -0.15) is 4.98 Å². The summed E-state index contributed by atoms with van der Waals surface area (Å²) >= 11 is 0. The third-order valence-electron chi connectivity index (χ3n) is 4.81. The molecular formula is C18H26N6O4. The predicted octanol–water partition coefficient (Wildman–Crippen LogP) is -0.253. The van der Waals surface area contributed by atoms with E-state index < -0.39 is 23.8 Å². The van der Waals surface area contributed by atoms with Crippen LogP contribution in [-0.4, -0.2) is 55.9 Å². The standard InChI is InChI=1S/C18H26N6O4/c1-12(2)5-9-23-14-15(20-17(23)22-8-4-6-19-7-10-22)21(3)18(28)24(16(14)27)11-13(25)26/h5,19H,4,6-11H2,1-3H3,(H,25,26). The lowest BCUT2D eigenvalue weighted by Gasteiger charge is -2.21. The number of hydrogen-bond donors (Lipinski definition) is 2. The number of carbonyl (C=O) groups is 1. The van der Waals surface area contributed by atoms with E-state index in [2.05, 4.69) is 15.2 Å². The van der Waals surface area contributed by atoms with Crippen molar-refractivity contribution in [1.29, 1.82) is 0 Å². The van der Waals surface area contributed by atoms with Crippen LogP contribution in [-0.2, 0) is 24.9 Å². The van der Waals surface area contributed by atoms with Gasteiger partial charge in [0.05, 0.1) is 0 Å². The van der Waals surface area contributed by atoms with Gasteiger partial charge in [0.2, 0.25) is 5.95 Å². The molecular weight excluding hydrogens is 364 g/mol. The SMILES string of the molecule is CC(C)=CCn1c(N2CCCNCC2)nc2c1c(=O)n(CC(=O)O)c(=O)n2C. The van der Waals surface area contributed by atoms with E-state index in [0.29, 0.717) is 12.5 Å². The Morgan fingerprint density at radius 2 is 1.96 bits per heavy atom. The molecule has 2 aromatic rings. The van der Waals surface area contributed by atoms with Gasteiger partial charge in [0.1, 0.15) is 6.54 Å². The van der Waals surface area contributed by atoms with Crippen LogP contribution in [0.3, 0.4) is 0 Å². The number of nitrogens with zero attached hydrogens (tertiary/aromatic N) is 5. The highest BCUT2D eigenvalue weighted by Gasteiger charge is 2.24. The number of aromatic nitrogens is 4. The van der Waals surface area contributed by atoms with Crippen molar-refractivity contribution in [1.82, 2.24) is 24.0 Å². The van der Waals surface area contributed by atoms with Crippen LogP contribution in [0.2, 0.25) is 0 Å². The van der Waals surface area contributed by atoms with Crippen molar-refractivity contribution in [3.05, 3.63) is 32.5 Å². The van der Waals surface area contributed by atoms with Crippen molar-refractivity contribution in [2.24, 2.45) is 7.05 Å². The number of anilines is 1. The van der Waals surface area contributed by atoms with Crippen molar-refractivity contribution < 1.29 is 9.90 Å². The van der Waals surface area contributed by atoms with Crippen molar-refractivity contribution in [3.8, 4) is 0 Å². The summed E-state index contributed by atoms with van der Waals surface area (Å²) in [6.45, 7) is 6.89. The average molecular weight is 390 g/mol. The lowest BCUT2D eigenvalue weighted by molar-refractivity contribution is -0.137. The van der Waals surface area contributed by atoms with Gasteiger partial charge in [-0.1, -0.05) is 11.6 Å². The molecule has 0 aliphatic carbocycles. The number of imidazole rings is 1. The number of allylic oxidation sites excluding steroid dienone is 2. The van der Waals surface area contributed by atoms with Gasteiger partial charge in [-0.25, -0.2) is 9.36 Å². The summed E-state index contributed by atoms with van der Waals surface area (Å²) in [5, 5.41) is 12.4. The minimum absolute atomic E-state index is 0.244. The maximum atomic E-state index is 13.0. The largest absolute Gasteiger partial charge is 0.480 e. The Kier molecular flexibility index (Phi) is 5.68. The fourth-order valence-corrected chi connectivity index (χ4v) is 3.37. The van der Waals surface area contributed by atoms with Gasteiger partial charge >= 0.3 is 11.7 Å². The molecule has 1 aliphatic heterocycles. The lowest BCUT2D eigenvalue weighted by atomic mass is 10.3. The van der Waals surface area contributed by atoms with E-state index in [1.54, 1.807) is 4.57 Å². The number of carboxylic acids is 1. The molecule has 0 atom stereocenters. The average Bonchev–Trinajstić information content (AvgIpc) is 2.81. The Hall–Kier alpha value is -2.88. The van der Waals surface area contributed by atoms with E-state index >= 15 is 0 Å². The number of aryl methyl sites for hydroxylation is 1. The second-order valence-electron chi connectivity index (χ2n) is 7.19. The van der Waals surface area contributed by atoms with E-state index in [1.165, 1.54) is 11.6 Å². The first-order valence-corrected chi connectivity index (χ1v) is 9.32. The zero-order valence-electron chi connectivity index (χ0n) is 16.4. The van der Waals surface area contributed by atoms with E-state index in [0.717, 1.165) is 42.7 Å². The number of hydrogen-bond acceptors (Lipinski definition) is 6. The molecule has 0 unspecified atom stereocenters. The first-order valence-electron chi connectivity index (χ1n) is 9.32. The maximum Gasteiger partial charge on any atom is 0.333 e. The summed E-state index contributed by atoms with van der Waals surface area (Å²) in [5.41, 5.74) is 0.283. The van der Waals surface area contributed by atoms with Gasteiger partial charge < -0.3 is 19.9 Å². The lowest BCUT2D eigenvalue weighted by Crippen LogP contribution is -2.41. The second kappa shape index (κ2) is 8.01. The minimum Gasteiger partial charge on any atom is -0.480 e. The Labute approximate surface area is 161 Å². The molecule has 0 bridgehead atoms. The highest BCUT2D eigenvalue weighted by Crippen LogP contribution is 2.21. The highest BCUT2D eigenvalue weighted by atomic mass is 16.4. The Morgan fingerprint density at radius 3 is 2.64 bits per heavy atom. The van der Waals surface area contributed by atoms with Crippen LogP contribution in [0.1, 0.15) is 20.3 Å². The number of fused-ring (bicyclic) bond motifs is 1. The molecule has 10 heteroatoms. The maximum absolute atomic E-state index is 13.0. The van der Waals surface area contributed by atoms with Crippen molar-refractivity contribution in [2.75, 3.05) is 31.1 Å². The van der Waals surface area contributed by atoms with E-state index in [4.69, 9.17) is 5.11 Å².